The fraction of sp³-hybridized carbons (Fsp3) is 0.450. The second-order valence-electron chi connectivity index (χ2n) is 6.46. The molecular formula is C20H27ClNO2S2. The number of benzene rings is 1. The van der Waals surface area contributed by atoms with Gasteiger partial charge >= 0.3 is 0 Å². The van der Waals surface area contributed by atoms with Crippen molar-refractivity contribution in [1.29, 1.82) is 0 Å². The summed E-state index contributed by atoms with van der Waals surface area (Å²) in [4.78, 5) is 0.948. The number of nitrogens with one attached hydrogen (secondary N) is 1. The van der Waals surface area contributed by atoms with E-state index >= 15 is 0 Å². The number of thiophene rings is 1. The molecule has 0 saturated carbocycles. The van der Waals surface area contributed by atoms with Crippen molar-refractivity contribution in [3.63, 3.8) is 0 Å². The summed E-state index contributed by atoms with van der Waals surface area (Å²) in [6, 6.07) is 11.2. The number of hydrogen-bond acceptors (Lipinski definition) is 3. The Labute approximate surface area is 166 Å². The van der Waals surface area contributed by atoms with Gasteiger partial charge in [-0.1, -0.05) is 56.8 Å². The van der Waals surface area contributed by atoms with Crippen LogP contribution in [0.1, 0.15) is 50.0 Å². The molecule has 1 unspecified atom stereocenters. The zero-order valence-corrected chi connectivity index (χ0v) is 17.8. The van der Waals surface area contributed by atoms with Crippen LogP contribution in [-0.4, -0.2) is 15.0 Å². The Bertz CT molecular complexity index is 787. The summed E-state index contributed by atoms with van der Waals surface area (Å²) >= 11 is 7.30. The Hall–Kier alpha value is -0.880. The molecular weight excluding hydrogens is 386 g/mol. The van der Waals surface area contributed by atoms with Crippen LogP contribution in [0.2, 0.25) is 5.02 Å². The van der Waals surface area contributed by atoms with Gasteiger partial charge in [0.15, 0.2) is 0 Å². The second-order valence-corrected chi connectivity index (χ2v) is 10.0. The molecule has 1 heterocycles. The number of hydrogen-bond donors (Lipinski definition) is 1. The van der Waals surface area contributed by atoms with Gasteiger partial charge in [-0.15, -0.1) is 11.3 Å². The largest absolute Gasteiger partial charge is 0.250 e. The molecule has 1 aromatic heterocycles. The van der Waals surface area contributed by atoms with Gasteiger partial charge < -0.3 is 0 Å². The maximum Gasteiger partial charge on any atom is 0.250 e. The van der Waals surface area contributed by atoms with Crippen molar-refractivity contribution in [2.24, 2.45) is 5.92 Å². The Morgan fingerprint density at radius 1 is 1.23 bits per heavy atom. The van der Waals surface area contributed by atoms with E-state index in [2.05, 4.69) is 18.6 Å². The normalized spacial score (nSPS) is 13.0. The summed E-state index contributed by atoms with van der Waals surface area (Å²) in [7, 11) is -3.43. The third kappa shape index (κ3) is 6.69. The molecule has 1 aromatic carbocycles. The van der Waals surface area contributed by atoms with E-state index in [9.17, 15) is 8.42 Å². The van der Waals surface area contributed by atoms with Crippen LogP contribution in [0.4, 0.5) is 0 Å². The highest BCUT2D eigenvalue weighted by Crippen LogP contribution is 2.25. The van der Waals surface area contributed by atoms with Gasteiger partial charge in [-0.2, -0.15) is 0 Å². The second kappa shape index (κ2) is 10.5. The van der Waals surface area contributed by atoms with Crippen molar-refractivity contribution in [3.8, 4) is 0 Å². The van der Waals surface area contributed by atoms with Crippen LogP contribution >= 0.6 is 22.9 Å². The van der Waals surface area contributed by atoms with Crippen LogP contribution < -0.4 is 4.72 Å². The lowest BCUT2D eigenvalue weighted by molar-refractivity contribution is 0.444. The molecule has 0 saturated heterocycles. The summed E-state index contributed by atoms with van der Waals surface area (Å²) in [6.45, 7) is 4.78. The van der Waals surface area contributed by atoms with Gasteiger partial charge in [0.1, 0.15) is 4.21 Å². The molecule has 0 fully saturated rings. The first-order valence-electron chi connectivity index (χ1n) is 9.11. The van der Waals surface area contributed by atoms with Crippen LogP contribution in [-0.2, 0) is 16.4 Å². The van der Waals surface area contributed by atoms with Crippen molar-refractivity contribution in [3.05, 3.63) is 58.3 Å². The highest BCUT2D eigenvalue weighted by atomic mass is 35.5. The van der Waals surface area contributed by atoms with Gasteiger partial charge in [0.25, 0.3) is 0 Å². The first-order valence-corrected chi connectivity index (χ1v) is 11.8. The Kier molecular flexibility index (Phi) is 8.61. The average Bonchev–Trinajstić information content (AvgIpc) is 3.10. The Morgan fingerprint density at radius 3 is 2.73 bits per heavy atom. The van der Waals surface area contributed by atoms with E-state index in [1.54, 1.807) is 6.07 Å². The Balaban J connectivity index is 1.92. The number of unbranched alkanes of at least 4 members (excludes halogenated alkanes) is 1. The molecule has 143 valence electrons. The lowest BCUT2D eigenvalue weighted by Crippen LogP contribution is -2.28. The van der Waals surface area contributed by atoms with Crippen LogP contribution in [0.15, 0.2) is 40.6 Å². The van der Waals surface area contributed by atoms with Gasteiger partial charge in [-0.05, 0) is 48.6 Å². The smallest absolute Gasteiger partial charge is 0.210 e. The van der Waals surface area contributed by atoms with E-state index in [1.165, 1.54) is 11.3 Å². The summed E-state index contributed by atoms with van der Waals surface area (Å²) < 4.78 is 28.2. The van der Waals surface area contributed by atoms with E-state index in [4.69, 9.17) is 11.6 Å². The molecule has 0 aliphatic rings. The molecule has 0 aliphatic heterocycles. The first kappa shape index (κ1) is 21.4. The van der Waals surface area contributed by atoms with Crippen molar-refractivity contribution in [2.75, 3.05) is 6.54 Å². The Morgan fingerprint density at radius 2 is 2.04 bits per heavy atom. The SMILES string of the molecule is CCCCC(CC)CNS(=O)(=O)c1ccc([CH]Cc2cccc(Cl)c2)s1. The summed E-state index contributed by atoms with van der Waals surface area (Å²) in [5, 5.41) is 0.711. The van der Waals surface area contributed by atoms with Gasteiger partial charge in [0, 0.05) is 22.9 Å². The third-order valence-corrected chi connectivity index (χ3v) is 7.63. The molecule has 1 atom stereocenters. The molecule has 0 bridgehead atoms. The summed E-state index contributed by atoms with van der Waals surface area (Å²) in [5.74, 6) is 0.401. The van der Waals surface area contributed by atoms with Crippen LogP contribution in [0.3, 0.4) is 0 Å². The first-order chi connectivity index (χ1) is 12.4. The molecule has 0 aliphatic carbocycles. The van der Waals surface area contributed by atoms with Crippen molar-refractivity contribution < 1.29 is 8.42 Å². The zero-order chi connectivity index (χ0) is 19.0. The third-order valence-electron chi connectivity index (χ3n) is 4.40. The van der Waals surface area contributed by atoms with E-state index in [1.807, 2.05) is 36.8 Å². The molecule has 26 heavy (non-hydrogen) atoms. The lowest BCUT2D eigenvalue weighted by atomic mass is 10.00. The molecule has 0 spiro atoms. The van der Waals surface area contributed by atoms with E-state index in [0.717, 1.165) is 42.5 Å². The van der Waals surface area contributed by atoms with Crippen LogP contribution in [0, 0.1) is 12.3 Å². The maximum atomic E-state index is 12.5. The number of halogens is 1. The fourth-order valence-electron chi connectivity index (χ4n) is 2.71. The highest BCUT2D eigenvalue weighted by Gasteiger charge is 2.18. The predicted octanol–water partition coefficient (Wildman–Crippen LogP) is 5.69. The predicted molar refractivity (Wildman–Crippen MR) is 111 cm³/mol. The molecule has 6 heteroatoms. The van der Waals surface area contributed by atoms with Gasteiger partial charge in [-0.3, -0.25) is 0 Å². The molecule has 3 nitrogen and oxygen atoms in total. The molecule has 1 radical (unpaired) electrons. The number of sulfonamides is 1. The van der Waals surface area contributed by atoms with E-state index in [0.29, 0.717) is 21.7 Å². The summed E-state index contributed by atoms with van der Waals surface area (Å²) in [5.41, 5.74) is 1.11. The molecule has 2 aromatic rings. The minimum Gasteiger partial charge on any atom is -0.210 e. The fourth-order valence-corrected chi connectivity index (χ4v) is 5.35. The van der Waals surface area contributed by atoms with Gasteiger partial charge in [0.2, 0.25) is 10.0 Å². The molecule has 0 amide bonds. The minimum absolute atomic E-state index is 0.375. The maximum absolute atomic E-state index is 12.5. The standard InChI is InChI=1S/C20H27ClNO2S2/c1-3-5-7-16(4-2)15-22-26(23,24)20-13-12-19(25-20)11-10-17-8-6-9-18(21)14-17/h6,8-9,11-14,16,22H,3-5,7,10,15H2,1-2H3. The minimum atomic E-state index is -3.43. The zero-order valence-electron chi connectivity index (χ0n) is 15.4. The lowest BCUT2D eigenvalue weighted by Gasteiger charge is -2.14. The summed E-state index contributed by atoms with van der Waals surface area (Å²) in [6.07, 6.45) is 7.10. The van der Waals surface area contributed by atoms with E-state index in [-0.39, 0.29) is 0 Å². The highest BCUT2D eigenvalue weighted by molar-refractivity contribution is 7.91. The van der Waals surface area contributed by atoms with Gasteiger partial charge in [0.05, 0.1) is 0 Å². The molecule has 1 N–H and O–H groups in total. The monoisotopic (exact) mass is 412 g/mol. The van der Waals surface area contributed by atoms with Crippen molar-refractivity contribution >= 4 is 33.0 Å². The van der Waals surface area contributed by atoms with Gasteiger partial charge in [-0.25, -0.2) is 13.1 Å². The quantitative estimate of drug-likeness (QED) is 0.515. The van der Waals surface area contributed by atoms with E-state index < -0.39 is 10.0 Å². The van der Waals surface area contributed by atoms with Crippen molar-refractivity contribution in [1.82, 2.24) is 4.72 Å². The van der Waals surface area contributed by atoms with Crippen LogP contribution in [0.25, 0.3) is 0 Å². The number of rotatable bonds is 11. The average molecular weight is 413 g/mol. The topological polar surface area (TPSA) is 46.2 Å². The van der Waals surface area contributed by atoms with Crippen LogP contribution in [0.5, 0.6) is 0 Å². The molecule has 2 rings (SSSR count). The van der Waals surface area contributed by atoms with Crippen molar-refractivity contribution in [2.45, 2.75) is 50.2 Å².